The van der Waals surface area contributed by atoms with Crippen LogP contribution < -0.4 is 5.32 Å². The predicted molar refractivity (Wildman–Crippen MR) is 69.4 cm³/mol. The van der Waals surface area contributed by atoms with Crippen molar-refractivity contribution in [2.75, 3.05) is 31.5 Å². The van der Waals surface area contributed by atoms with Crippen LogP contribution in [0.5, 0.6) is 0 Å². The summed E-state index contributed by atoms with van der Waals surface area (Å²) >= 11 is 0. The third kappa shape index (κ3) is 3.22. The number of benzene rings is 1. The van der Waals surface area contributed by atoms with E-state index in [1.807, 2.05) is 6.07 Å². The predicted octanol–water partition coefficient (Wildman–Crippen LogP) is 0.864. The molecule has 98 valence electrons. The maximum absolute atomic E-state index is 12.0. The molecule has 19 heavy (non-hydrogen) atoms. The van der Waals surface area contributed by atoms with Gasteiger partial charge in [0.25, 0.3) is 0 Å². The maximum atomic E-state index is 12.0. The molecule has 0 radical (unpaired) electrons. The Morgan fingerprint density at radius 1 is 1.21 bits per heavy atom. The Morgan fingerprint density at radius 3 is 2.37 bits per heavy atom. The number of hydrogen-bond donors (Lipinski definition) is 1. The minimum Gasteiger partial charge on any atom is -0.342 e. The Labute approximate surface area is 111 Å². The highest BCUT2D eigenvalue weighted by Gasteiger charge is 2.19. The molecule has 2 rings (SSSR count). The third-order valence-corrected chi connectivity index (χ3v) is 3.02. The molecule has 3 amide bonds. The lowest BCUT2D eigenvalue weighted by molar-refractivity contribution is -0.119. The maximum Gasteiger partial charge on any atom is 0.321 e. The van der Waals surface area contributed by atoms with Crippen molar-refractivity contribution < 1.29 is 9.59 Å². The number of nitrogens with zero attached hydrogens (tertiary/aromatic N) is 3. The molecular formula is C13H14N4O2. The summed E-state index contributed by atoms with van der Waals surface area (Å²) in [6.07, 6.45) is 0.801. The first-order chi connectivity index (χ1) is 9.22. The van der Waals surface area contributed by atoms with E-state index in [0.29, 0.717) is 37.4 Å². The van der Waals surface area contributed by atoms with Crippen LogP contribution in [0.2, 0.25) is 0 Å². The van der Waals surface area contributed by atoms with Crippen molar-refractivity contribution in [3.63, 3.8) is 0 Å². The summed E-state index contributed by atoms with van der Waals surface area (Å²) in [4.78, 5) is 25.8. The van der Waals surface area contributed by atoms with Crippen molar-refractivity contribution in [3.05, 3.63) is 29.8 Å². The Kier molecular flexibility index (Phi) is 3.98. The van der Waals surface area contributed by atoms with Gasteiger partial charge in [0, 0.05) is 31.9 Å². The lowest BCUT2D eigenvalue weighted by Gasteiger charge is -2.32. The van der Waals surface area contributed by atoms with Gasteiger partial charge in [-0.2, -0.15) is 5.26 Å². The molecule has 1 N–H and O–H groups in total. The van der Waals surface area contributed by atoms with Gasteiger partial charge >= 0.3 is 6.03 Å². The molecule has 1 saturated heterocycles. The summed E-state index contributed by atoms with van der Waals surface area (Å²) in [6.45, 7) is 2.18. The van der Waals surface area contributed by atoms with E-state index in [1.54, 1.807) is 34.1 Å². The molecular weight excluding hydrogens is 244 g/mol. The molecule has 0 atom stereocenters. The van der Waals surface area contributed by atoms with Crippen LogP contribution in [0.25, 0.3) is 0 Å². The molecule has 0 aliphatic carbocycles. The van der Waals surface area contributed by atoms with Crippen LogP contribution in [0.1, 0.15) is 5.56 Å². The average Bonchev–Trinajstić information content (AvgIpc) is 2.48. The fraction of sp³-hybridized carbons (Fsp3) is 0.308. The van der Waals surface area contributed by atoms with Crippen molar-refractivity contribution in [1.82, 2.24) is 9.80 Å². The molecule has 0 aromatic heterocycles. The number of nitrogens with one attached hydrogen (secondary N) is 1. The molecule has 1 aromatic carbocycles. The normalized spacial score (nSPS) is 14.7. The molecule has 1 aromatic rings. The number of rotatable bonds is 2. The summed E-state index contributed by atoms with van der Waals surface area (Å²) in [5, 5.41) is 11.5. The van der Waals surface area contributed by atoms with Gasteiger partial charge in [0.2, 0.25) is 6.41 Å². The first-order valence-electron chi connectivity index (χ1n) is 5.98. The lowest BCUT2D eigenvalue weighted by Crippen LogP contribution is -2.49. The van der Waals surface area contributed by atoms with Gasteiger partial charge in [-0.25, -0.2) is 4.79 Å². The Hall–Kier alpha value is -2.55. The number of piperazine rings is 1. The molecule has 6 nitrogen and oxygen atoms in total. The first kappa shape index (κ1) is 12.9. The van der Waals surface area contributed by atoms with E-state index < -0.39 is 0 Å². The molecule has 6 heteroatoms. The molecule has 1 heterocycles. The van der Waals surface area contributed by atoms with Gasteiger partial charge in [-0.1, -0.05) is 0 Å². The van der Waals surface area contributed by atoms with Gasteiger partial charge in [-0.15, -0.1) is 0 Å². The minimum atomic E-state index is -0.185. The number of hydrogen-bond acceptors (Lipinski definition) is 3. The number of nitriles is 1. The first-order valence-corrected chi connectivity index (χ1v) is 5.98. The topological polar surface area (TPSA) is 76.4 Å². The van der Waals surface area contributed by atoms with Crippen molar-refractivity contribution in [2.24, 2.45) is 0 Å². The summed E-state index contributed by atoms with van der Waals surface area (Å²) in [6, 6.07) is 8.53. The quantitative estimate of drug-likeness (QED) is 0.799. The fourth-order valence-corrected chi connectivity index (χ4v) is 1.86. The lowest BCUT2D eigenvalue weighted by atomic mass is 10.2. The largest absolute Gasteiger partial charge is 0.342 e. The standard InChI is InChI=1S/C13H14N4O2/c14-9-11-1-3-12(4-2-11)15-13(19)17-7-5-16(10-18)6-8-17/h1-4,10H,5-8H2,(H,15,19). The van der Waals surface area contributed by atoms with Gasteiger partial charge < -0.3 is 15.1 Å². The van der Waals surface area contributed by atoms with E-state index in [-0.39, 0.29) is 6.03 Å². The zero-order chi connectivity index (χ0) is 13.7. The third-order valence-electron chi connectivity index (χ3n) is 3.02. The number of anilines is 1. The molecule has 0 saturated carbocycles. The highest BCUT2D eigenvalue weighted by molar-refractivity contribution is 5.89. The minimum absolute atomic E-state index is 0.185. The van der Waals surface area contributed by atoms with Gasteiger partial charge in [-0.05, 0) is 24.3 Å². The summed E-state index contributed by atoms with van der Waals surface area (Å²) in [7, 11) is 0. The van der Waals surface area contributed by atoms with E-state index in [0.717, 1.165) is 6.41 Å². The average molecular weight is 258 g/mol. The molecule has 1 aliphatic heterocycles. The van der Waals surface area contributed by atoms with Crippen LogP contribution in [0, 0.1) is 11.3 Å². The van der Waals surface area contributed by atoms with Gasteiger partial charge in [0.05, 0.1) is 11.6 Å². The second-order valence-electron chi connectivity index (χ2n) is 4.25. The van der Waals surface area contributed by atoms with Gasteiger partial charge in [-0.3, -0.25) is 4.79 Å². The van der Waals surface area contributed by atoms with Crippen LogP contribution in [0.3, 0.4) is 0 Å². The number of urea groups is 1. The summed E-state index contributed by atoms with van der Waals surface area (Å²) in [5.74, 6) is 0. The van der Waals surface area contributed by atoms with Crippen LogP contribution in [-0.2, 0) is 4.79 Å². The van der Waals surface area contributed by atoms with E-state index in [9.17, 15) is 9.59 Å². The fourth-order valence-electron chi connectivity index (χ4n) is 1.86. The summed E-state index contributed by atoms with van der Waals surface area (Å²) in [5.41, 5.74) is 1.21. The van der Waals surface area contributed by atoms with Crippen LogP contribution >= 0.6 is 0 Å². The van der Waals surface area contributed by atoms with Crippen molar-refractivity contribution in [1.29, 1.82) is 5.26 Å². The Balaban J connectivity index is 1.90. The molecule has 0 bridgehead atoms. The van der Waals surface area contributed by atoms with E-state index in [4.69, 9.17) is 5.26 Å². The van der Waals surface area contributed by atoms with Crippen molar-refractivity contribution in [2.45, 2.75) is 0 Å². The molecule has 1 fully saturated rings. The molecule has 0 unspecified atom stereocenters. The van der Waals surface area contributed by atoms with E-state index in [2.05, 4.69) is 5.32 Å². The van der Waals surface area contributed by atoms with Gasteiger partial charge in [0.1, 0.15) is 0 Å². The monoisotopic (exact) mass is 258 g/mol. The Bertz CT molecular complexity index is 498. The van der Waals surface area contributed by atoms with Crippen molar-refractivity contribution >= 4 is 18.1 Å². The number of amides is 3. The number of carbonyl (C=O) groups is 2. The molecule has 0 spiro atoms. The van der Waals surface area contributed by atoms with Gasteiger partial charge in [0.15, 0.2) is 0 Å². The highest BCUT2D eigenvalue weighted by atomic mass is 16.2. The van der Waals surface area contributed by atoms with Crippen molar-refractivity contribution in [3.8, 4) is 6.07 Å². The van der Waals surface area contributed by atoms with E-state index >= 15 is 0 Å². The smallest absolute Gasteiger partial charge is 0.321 e. The molecule has 1 aliphatic rings. The summed E-state index contributed by atoms with van der Waals surface area (Å²) < 4.78 is 0. The zero-order valence-corrected chi connectivity index (χ0v) is 10.4. The van der Waals surface area contributed by atoms with Crippen LogP contribution in [-0.4, -0.2) is 48.4 Å². The highest BCUT2D eigenvalue weighted by Crippen LogP contribution is 2.10. The Morgan fingerprint density at radius 2 is 1.84 bits per heavy atom. The van der Waals surface area contributed by atoms with Crippen LogP contribution in [0.15, 0.2) is 24.3 Å². The van der Waals surface area contributed by atoms with E-state index in [1.165, 1.54) is 0 Å². The second kappa shape index (κ2) is 5.87. The van der Waals surface area contributed by atoms with Crippen LogP contribution in [0.4, 0.5) is 10.5 Å². The zero-order valence-electron chi connectivity index (χ0n) is 10.4. The SMILES string of the molecule is N#Cc1ccc(NC(=O)N2CCN(C=O)CC2)cc1. The number of carbonyl (C=O) groups excluding carboxylic acids is 2. The second-order valence-corrected chi connectivity index (χ2v) is 4.25.